The van der Waals surface area contributed by atoms with Crippen molar-refractivity contribution < 1.29 is 0 Å². The third-order valence-electron chi connectivity index (χ3n) is 3.48. The summed E-state index contributed by atoms with van der Waals surface area (Å²) in [6.45, 7) is 8.42. The van der Waals surface area contributed by atoms with Gasteiger partial charge < -0.3 is 0 Å². The molecule has 70 valence electrons. The van der Waals surface area contributed by atoms with E-state index in [0.29, 0.717) is 11.1 Å². The second-order valence-corrected chi connectivity index (χ2v) is 5.50. The van der Waals surface area contributed by atoms with Crippen molar-refractivity contribution in [2.45, 2.75) is 64.0 Å². The van der Waals surface area contributed by atoms with Crippen molar-refractivity contribution in [1.29, 1.82) is 0 Å². The molecule has 12 heavy (non-hydrogen) atoms. The van der Waals surface area contributed by atoms with E-state index in [1.165, 1.54) is 38.6 Å². The Labute approximate surface area is 76.1 Å². The van der Waals surface area contributed by atoms with Crippen molar-refractivity contribution in [1.82, 2.24) is 4.90 Å². The zero-order valence-electron chi connectivity index (χ0n) is 8.69. The monoisotopic (exact) mass is 167 g/mol. The SMILES string of the molecule is CC(C)(C)N1CCCCC12CC2. The standard InChI is InChI=1S/C11H21N/c1-10(2,3)12-9-5-4-6-11(12)7-8-11/h4-9H2,1-3H3. The lowest BCUT2D eigenvalue weighted by Gasteiger charge is -2.45. The molecule has 0 atom stereocenters. The molecule has 0 aromatic carbocycles. The molecule has 0 amide bonds. The van der Waals surface area contributed by atoms with Gasteiger partial charge in [-0.3, -0.25) is 4.90 Å². The highest BCUT2D eigenvalue weighted by Crippen LogP contribution is 2.50. The summed E-state index contributed by atoms with van der Waals surface area (Å²) in [4.78, 5) is 2.75. The van der Waals surface area contributed by atoms with Gasteiger partial charge in [0.25, 0.3) is 0 Å². The van der Waals surface area contributed by atoms with Gasteiger partial charge in [0.05, 0.1) is 0 Å². The van der Waals surface area contributed by atoms with Crippen molar-refractivity contribution in [3.05, 3.63) is 0 Å². The lowest BCUT2D eigenvalue weighted by Crippen LogP contribution is -2.52. The van der Waals surface area contributed by atoms with Crippen LogP contribution < -0.4 is 0 Å². The van der Waals surface area contributed by atoms with E-state index < -0.39 is 0 Å². The van der Waals surface area contributed by atoms with E-state index in [0.717, 1.165) is 0 Å². The molecule has 2 fully saturated rings. The van der Waals surface area contributed by atoms with Gasteiger partial charge in [0.15, 0.2) is 0 Å². The summed E-state index contributed by atoms with van der Waals surface area (Å²) in [6.07, 6.45) is 7.27. The van der Waals surface area contributed by atoms with Crippen molar-refractivity contribution in [3.8, 4) is 0 Å². The summed E-state index contributed by atoms with van der Waals surface area (Å²) in [5, 5.41) is 0. The van der Waals surface area contributed by atoms with Gasteiger partial charge in [0, 0.05) is 11.1 Å². The van der Waals surface area contributed by atoms with Gasteiger partial charge in [-0.25, -0.2) is 0 Å². The first kappa shape index (κ1) is 8.55. The van der Waals surface area contributed by atoms with Crippen molar-refractivity contribution >= 4 is 0 Å². The molecule has 1 heterocycles. The summed E-state index contributed by atoms with van der Waals surface area (Å²) in [5.74, 6) is 0. The fourth-order valence-electron chi connectivity index (χ4n) is 2.81. The lowest BCUT2D eigenvalue weighted by atomic mass is 9.93. The maximum atomic E-state index is 2.75. The van der Waals surface area contributed by atoms with Crippen LogP contribution in [0.2, 0.25) is 0 Å². The highest BCUT2D eigenvalue weighted by molar-refractivity contribution is 5.08. The first-order chi connectivity index (χ1) is 5.55. The molecular weight excluding hydrogens is 146 g/mol. The Hall–Kier alpha value is -0.0400. The van der Waals surface area contributed by atoms with E-state index in [9.17, 15) is 0 Å². The molecule has 0 aromatic rings. The molecule has 0 radical (unpaired) electrons. The molecule has 1 heteroatoms. The fraction of sp³-hybridized carbons (Fsp3) is 1.00. The Bertz CT molecular complexity index is 174. The zero-order chi connectivity index (χ0) is 8.82. The predicted molar refractivity (Wildman–Crippen MR) is 52.3 cm³/mol. The molecule has 2 aliphatic rings. The predicted octanol–water partition coefficient (Wildman–Crippen LogP) is 2.80. The number of likely N-dealkylation sites (tertiary alicyclic amines) is 1. The van der Waals surface area contributed by atoms with Crippen LogP contribution in [0.5, 0.6) is 0 Å². The number of rotatable bonds is 0. The first-order valence-corrected chi connectivity index (χ1v) is 5.32. The van der Waals surface area contributed by atoms with E-state index in [2.05, 4.69) is 25.7 Å². The molecule has 1 aliphatic carbocycles. The number of hydrogen-bond acceptors (Lipinski definition) is 1. The minimum Gasteiger partial charge on any atom is -0.293 e. The summed E-state index contributed by atoms with van der Waals surface area (Å²) in [5.41, 5.74) is 1.06. The van der Waals surface area contributed by atoms with Crippen molar-refractivity contribution in [2.24, 2.45) is 0 Å². The molecule has 1 saturated heterocycles. The zero-order valence-corrected chi connectivity index (χ0v) is 8.69. The summed E-state index contributed by atoms with van der Waals surface area (Å²) >= 11 is 0. The maximum Gasteiger partial charge on any atom is 0.0216 e. The highest BCUT2D eigenvalue weighted by atomic mass is 15.3. The Morgan fingerprint density at radius 2 is 1.67 bits per heavy atom. The van der Waals surface area contributed by atoms with Crippen LogP contribution in [0.3, 0.4) is 0 Å². The van der Waals surface area contributed by atoms with Crippen LogP contribution in [0.15, 0.2) is 0 Å². The third kappa shape index (κ3) is 1.28. The van der Waals surface area contributed by atoms with Crippen LogP contribution in [-0.2, 0) is 0 Å². The molecular formula is C11H21N. The average molecular weight is 167 g/mol. The molecule has 0 N–H and O–H groups in total. The molecule has 2 rings (SSSR count). The van der Waals surface area contributed by atoms with Gasteiger partial charge in [-0.2, -0.15) is 0 Å². The van der Waals surface area contributed by atoms with Gasteiger partial charge in [0.2, 0.25) is 0 Å². The summed E-state index contributed by atoms with van der Waals surface area (Å²) in [7, 11) is 0. The molecule has 0 unspecified atom stereocenters. The van der Waals surface area contributed by atoms with Crippen molar-refractivity contribution in [3.63, 3.8) is 0 Å². The molecule has 1 spiro atoms. The van der Waals surface area contributed by atoms with E-state index in [-0.39, 0.29) is 0 Å². The van der Waals surface area contributed by atoms with Crippen molar-refractivity contribution in [2.75, 3.05) is 6.54 Å². The van der Waals surface area contributed by atoms with Crippen LogP contribution in [-0.4, -0.2) is 22.5 Å². The second-order valence-electron chi connectivity index (χ2n) is 5.50. The quantitative estimate of drug-likeness (QED) is 0.536. The lowest BCUT2D eigenvalue weighted by molar-refractivity contribution is 0.0362. The van der Waals surface area contributed by atoms with Gasteiger partial charge in [-0.1, -0.05) is 6.42 Å². The van der Waals surface area contributed by atoms with E-state index in [1.807, 2.05) is 0 Å². The Kier molecular flexibility index (Phi) is 1.76. The van der Waals surface area contributed by atoms with Crippen LogP contribution in [0.4, 0.5) is 0 Å². The largest absolute Gasteiger partial charge is 0.293 e. The Morgan fingerprint density at radius 3 is 2.08 bits per heavy atom. The van der Waals surface area contributed by atoms with Crippen LogP contribution >= 0.6 is 0 Å². The van der Waals surface area contributed by atoms with Crippen LogP contribution in [0, 0.1) is 0 Å². The second kappa shape index (κ2) is 2.47. The molecule has 1 nitrogen and oxygen atoms in total. The fourth-order valence-corrected chi connectivity index (χ4v) is 2.81. The van der Waals surface area contributed by atoms with Crippen LogP contribution in [0.1, 0.15) is 52.9 Å². The van der Waals surface area contributed by atoms with Gasteiger partial charge in [-0.05, 0) is 53.0 Å². The molecule has 1 aliphatic heterocycles. The normalized spacial score (nSPS) is 29.2. The minimum atomic E-state index is 0.400. The van der Waals surface area contributed by atoms with Gasteiger partial charge in [0.1, 0.15) is 0 Å². The average Bonchev–Trinajstić information content (AvgIpc) is 2.68. The Morgan fingerprint density at radius 1 is 1.00 bits per heavy atom. The first-order valence-electron chi connectivity index (χ1n) is 5.32. The highest BCUT2D eigenvalue weighted by Gasteiger charge is 2.51. The maximum absolute atomic E-state index is 2.75. The van der Waals surface area contributed by atoms with Crippen LogP contribution in [0.25, 0.3) is 0 Å². The summed E-state index contributed by atoms with van der Waals surface area (Å²) in [6, 6.07) is 0. The van der Waals surface area contributed by atoms with E-state index in [1.54, 1.807) is 0 Å². The van der Waals surface area contributed by atoms with E-state index in [4.69, 9.17) is 0 Å². The minimum absolute atomic E-state index is 0.400. The van der Waals surface area contributed by atoms with Gasteiger partial charge >= 0.3 is 0 Å². The number of hydrogen-bond donors (Lipinski definition) is 0. The summed E-state index contributed by atoms with van der Waals surface area (Å²) < 4.78 is 0. The van der Waals surface area contributed by atoms with Gasteiger partial charge in [-0.15, -0.1) is 0 Å². The number of piperidine rings is 1. The molecule has 0 bridgehead atoms. The smallest absolute Gasteiger partial charge is 0.0216 e. The number of nitrogens with zero attached hydrogens (tertiary/aromatic N) is 1. The third-order valence-corrected chi connectivity index (χ3v) is 3.48. The molecule has 0 aromatic heterocycles. The van der Waals surface area contributed by atoms with E-state index >= 15 is 0 Å². The topological polar surface area (TPSA) is 3.24 Å². The molecule has 1 saturated carbocycles. The Balaban J connectivity index is 2.12.